The zero-order valence-corrected chi connectivity index (χ0v) is 11.2. The Bertz CT molecular complexity index is 418. The van der Waals surface area contributed by atoms with Crippen LogP contribution < -0.4 is 5.32 Å². The summed E-state index contributed by atoms with van der Waals surface area (Å²) in [6.07, 6.45) is 2.53. The average Bonchev–Trinajstić information content (AvgIpc) is 2.46. The predicted molar refractivity (Wildman–Crippen MR) is 73.2 cm³/mol. The van der Waals surface area contributed by atoms with Gasteiger partial charge in [0.15, 0.2) is 0 Å². The van der Waals surface area contributed by atoms with E-state index in [2.05, 4.69) is 35.3 Å². The monoisotopic (exact) mass is 243 g/mol. The van der Waals surface area contributed by atoms with Crippen LogP contribution in [0.5, 0.6) is 0 Å². The van der Waals surface area contributed by atoms with Crippen LogP contribution in [-0.4, -0.2) is 31.1 Å². The van der Waals surface area contributed by atoms with E-state index in [1.54, 1.807) is 0 Å². The number of piperidine rings is 1. The Morgan fingerprint density at radius 2 is 2.11 bits per heavy atom. The first-order valence-corrected chi connectivity index (χ1v) is 6.66. The molecule has 1 aliphatic heterocycles. The van der Waals surface area contributed by atoms with Gasteiger partial charge in [-0.15, -0.1) is 0 Å². The van der Waals surface area contributed by atoms with Crippen LogP contribution in [-0.2, 0) is 0 Å². The van der Waals surface area contributed by atoms with Crippen molar-refractivity contribution in [3.8, 4) is 6.07 Å². The van der Waals surface area contributed by atoms with Gasteiger partial charge in [0.2, 0.25) is 0 Å². The summed E-state index contributed by atoms with van der Waals surface area (Å²) in [5, 5.41) is 12.2. The van der Waals surface area contributed by atoms with Gasteiger partial charge in [-0.1, -0.05) is 12.1 Å². The highest BCUT2D eigenvalue weighted by Crippen LogP contribution is 2.24. The van der Waals surface area contributed by atoms with Crippen molar-refractivity contribution in [1.82, 2.24) is 10.2 Å². The molecule has 1 heterocycles. The third-order valence-corrected chi connectivity index (χ3v) is 3.93. The lowest BCUT2D eigenvalue weighted by molar-refractivity contribution is 0.149. The first kappa shape index (κ1) is 13.1. The summed E-state index contributed by atoms with van der Waals surface area (Å²) in [6.45, 7) is 4.52. The number of likely N-dealkylation sites (tertiary alicyclic amines) is 1. The Balaban J connectivity index is 2.05. The fraction of sp³-hybridized carbons (Fsp3) is 0.533. The Morgan fingerprint density at radius 3 is 2.72 bits per heavy atom. The van der Waals surface area contributed by atoms with Crippen molar-refractivity contribution in [2.45, 2.75) is 31.8 Å². The lowest BCUT2D eigenvalue weighted by Gasteiger charge is -2.37. The molecule has 3 heteroatoms. The molecule has 0 amide bonds. The highest BCUT2D eigenvalue weighted by molar-refractivity contribution is 5.32. The van der Waals surface area contributed by atoms with Gasteiger partial charge in [0.25, 0.3) is 0 Å². The average molecular weight is 243 g/mol. The molecule has 2 unspecified atom stereocenters. The van der Waals surface area contributed by atoms with Crippen molar-refractivity contribution < 1.29 is 0 Å². The maximum atomic E-state index is 8.81. The Kier molecular flexibility index (Phi) is 4.35. The number of benzene rings is 1. The summed E-state index contributed by atoms with van der Waals surface area (Å²) < 4.78 is 0. The summed E-state index contributed by atoms with van der Waals surface area (Å²) in [4.78, 5) is 2.52. The highest BCUT2D eigenvalue weighted by atomic mass is 15.2. The second-order valence-electron chi connectivity index (χ2n) is 5.03. The Hall–Kier alpha value is -1.37. The van der Waals surface area contributed by atoms with E-state index < -0.39 is 0 Å². The van der Waals surface area contributed by atoms with Crippen LogP contribution in [0.4, 0.5) is 0 Å². The second kappa shape index (κ2) is 5.99. The van der Waals surface area contributed by atoms with E-state index in [1.165, 1.54) is 24.9 Å². The molecule has 0 bridgehead atoms. The minimum absolute atomic E-state index is 0.425. The molecule has 96 valence electrons. The predicted octanol–water partition coefficient (Wildman–Crippen LogP) is 2.30. The van der Waals surface area contributed by atoms with Gasteiger partial charge in [0.1, 0.15) is 0 Å². The van der Waals surface area contributed by atoms with Crippen molar-refractivity contribution in [2.24, 2.45) is 0 Å². The largest absolute Gasteiger partial charge is 0.316 e. The maximum absolute atomic E-state index is 8.81. The van der Waals surface area contributed by atoms with Crippen LogP contribution in [0.25, 0.3) is 0 Å². The van der Waals surface area contributed by atoms with Gasteiger partial charge >= 0.3 is 0 Å². The molecule has 2 rings (SSSR count). The Labute approximate surface area is 109 Å². The maximum Gasteiger partial charge on any atom is 0.0991 e. The van der Waals surface area contributed by atoms with Crippen molar-refractivity contribution in [2.75, 3.05) is 20.1 Å². The normalized spacial score (nSPS) is 22.4. The quantitative estimate of drug-likeness (QED) is 0.885. The first-order chi connectivity index (χ1) is 8.74. The van der Waals surface area contributed by atoms with E-state index in [1.807, 2.05) is 19.2 Å². The summed E-state index contributed by atoms with van der Waals surface area (Å²) in [5.74, 6) is 0. The molecule has 0 spiro atoms. The summed E-state index contributed by atoms with van der Waals surface area (Å²) in [7, 11) is 2.04. The van der Waals surface area contributed by atoms with Crippen LogP contribution in [0.1, 0.15) is 36.9 Å². The van der Waals surface area contributed by atoms with Crippen LogP contribution in [0, 0.1) is 11.3 Å². The van der Waals surface area contributed by atoms with E-state index in [9.17, 15) is 0 Å². The van der Waals surface area contributed by atoms with E-state index in [0.717, 1.165) is 12.1 Å². The zero-order chi connectivity index (χ0) is 13.0. The number of rotatable bonds is 3. The summed E-state index contributed by atoms with van der Waals surface area (Å²) in [6, 6.07) is 11.2. The van der Waals surface area contributed by atoms with Crippen molar-refractivity contribution >= 4 is 0 Å². The van der Waals surface area contributed by atoms with Gasteiger partial charge in [0.05, 0.1) is 11.6 Å². The molecule has 3 nitrogen and oxygen atoms in total. The van der Waals surface area contributed by atoms with E-state index in [-0.39, 0.29) is 0 Å². The molecule has 1 aromatic carbocycles. The van der Waals surface area contributed by atoms with E-state index in [0.29, 0.717) is 12.1 Å². The molecule has 0 aromatic heterocycles. The first-order valence-electron chi connectivity index (χ1n) is 6.66. The van der Waals surface area contributed by atoms with Crippen LogP contribution in [0.3, 0.4) is 0 Å². The molecule has 0 aliphatic carbocycles. The molecule has 1 aromatic rings. The number of nitrogens with zero attached hydrogens (tertiary/aromatic N) is 2. The number of hydrogen-bond acceptors (Lipinski definition) is 3. The molecule has 1 saturated heterocycles. The number of likely N-dealkylation sites (N-methyl/N-ethyl adjacent to an activating group) is 1. The number of nitrogens with one attached hydrogen (secondary N) is 1. The zero-order valence-electron chi connectivity index (χ0n) is 11.2. The summed E-state index contributed by atoms with van der Waals surface area (Å²) >= 11 is 0. The smallest absolute Gasteiger partial charge is 0.0991 e. The fourth-order valence-electron chi connectivity index (χ4n) is 2.64. The number of hydrogen-bond donors (Lipinski definition) is 1. The lowest BCUT2D eigenvalue weighted by Crippen LogP contribution is -2.45. The molecule has 1 aliphatic rings. The number of nitriles is 1. The van der Waals surface area contributed by atoms with Crippen LogP contribution >= 0.6 is 0 Å². The van der Waals surface area contributed by atoms with E-state index >= 15 is 0 Å². The standard InChI is InChI=1S/C15H21N3/c1-12(14-7-5-13(10-16)6-8-14)18-9-3-4-15(11-18)17-2/h5-8,12,15,17H,3-4,9,11H2,1-2H3. The van der Waals surface area contributed by atoms with Crippen molar-refractivity contribution in [1.29, 1.82) is 5.26 Å². The molecule has 18 heavy (non-hydrogen) atoms. The van der Waals surface area contributed by atoms with Gasteiger partial charge in [0, 0.05) is 18.6 Å². The Morgan fingerprint density at radius 1 is 1.39 bits per heavy atom. The highest BCUT2D eigenvalue weighted by Gasteiger charge is 2.23. The topological polar surface area (TPSA) is 39.1 Å². The third-order valence-electron chi connectivity index (χ3n) is 3.93. The molecular formula is C15H21N3. The van der Waals surface area contributed by atoms with Gasteiger partial charge in [-0.05, 0) is 51.1 Å². The molecule has 0 radical (unpaired) electrons. The van der Waals surface area contributed by atoms with Crippen LogP contribution in [0.2, 0.25) is 0 Å². The minimum Gasteiger partial charge on any atom is -0.316 e. The lowest BCUT2D eigenvalue weighted by atomic mass is 10.00. The molecule has 2 atom stereocenters. The fourth-order valence-corrected chi connectivity index (χ4v) is 2.64. The van der Waals surface area contributed by atoms with Crippen LogP contribution in [0.15, 0.2) is 24.3 Å². The van der Waals surface area contributed by atoms with Gasteiger partial charge < -0.3 is 5.32 Å². The van der Waals surface area contributed by atoms with Gasteiger partial charge in [-0.2, -0.15) is 5.26 Å². The second-order valence-corrected chi connectivity index (χ2v) is 5.03. The SMILES string of the molecule is CNC1CCCN(C(C)c2ccc(C#N)cc2)C1. The third kappa shape index (κ3) is 2.90. The van der Waals surface area contributed by atoms with Crippen molar-refractivity contribution in [3.63, 3.8) is 0 Å². The van der Waals surface area contributed by atoms with E-state index in [4.69, 9.17) is 5.26 Å². The van der Waals surface area contributed by atoms with Gasteiger partial charge in [-0.25, -0.2) is 0 Å². The molecule has 0 saturated carbocycles. The van der Waals surface area contributed by atoms with Gasteiger partial charge in [-0.3, -0.25) is 4.90 Å². The van der Waals surface area contributed by atoms with Crippen molar-refractivity contribution in [3.05, 3.63) is 35.4 Å². The molecule has 1 fully saturated rings. The minimum atomic E-state index is 0.425. The molecular weight excluding hydrogens is 222 g/mol. The molecule has 1 N–H and O–H groups in total. The summed E-state index contributed by atoms with van der Waals surface area (Å²) in [5.41, 5.74) is 2.03.